The molecule has 1 aliphatic heterocycles. The fourth-order valence-corrected chi connectivity index (χ4v) is 5.63. The molecule has 4 rings (SSSR count). The first kappa shape index (κ1) is 18.0. The minimum atomic E-state index is -0.105. The maximum absolute atomic E-state index is 13.3. The number of rotatable bonds is 5. The number of carbonyl (C=O) groups is 1. The van der Waals surface area contributed by atoms with Gasteiger partial charge in [0.25, 0.3) is 5.91 Å². The van der Waals surface area contributed by atoms with E-state index in [-0.39, 0.29) is 5.91 Å². The lowest BCUT2D eigenvalue weighted by Gasteiger charge is -2.15. The van der Waals surface area contributed by atoms with Gasteiger partial charge in [0, 0.05) is 29.1 Å². The average molecular weight is 401 g/mol. The quantitative estimate of drug-likeness (QED) is 0.680. The standard InChI is InChI=1S/C20H20N2O3S2/c1-24-13-5-6-15(16(11-13)25-2)21-19(23)18-14-7-10-26-12-17(14)27-20(18)22-8-3-4-9-22/h3-6,8-9,11H,7,10,12H2,1-2H3,(H,21,23). The fraction of sp³-hybridized carbons (Fsp3) is 0.250. The highest BCUT2D eigenvalue weighted by Crippen LogP contribution is 2.39. The molecule has 0 fully saturated rings. The Morgan fingerprint density at radius 3 is 2.74 bits per heavy atom. The number of benzene rings is 1. The van der Waals surface area contributed by atoms with Gasteiger partial charge < -0.3 is 19.4 Å². The van der Waals surface area contributed by atoms with E-state index >= 15 is 0 Å². The Labute approximate surface area is 166 Å². The highest BCUT2D eigenvalue weighted by Gasteiger charge is 2.27. The Balaban J connectivity index is 1.73. The van der Waals surface area contributed by atoms with Crippen LogP contribution in [0.15, 0.2) is 42.7 Å². The molecule has 140 valence electrons. The molecule has 2 aromatic heterocycles. The van der Waals surface area contributed by atoms with Crippen molar-refractivity contribution in [2.45, 2.75) is 12.2 Å². The molecule has 1 aliphatic rings. The Morgan fingerprint density at radius 2 is 2.00 bits per heavy atom. The van der Waals surface area contributed by atoms with E-state index < -0.39 is 0 Å². The van der Waals surface area contributed by atoms with Gasteiger partial charge in [-0.3, -0.25) is 4.79 Å². The molecule has 0 saturated carbocycles. The van der Waals surface area contributed by atoms with E-state index in [1.54, 1.807) is 37.7 Å². The summed E-state index contributed by atoms with van der Waals surface area (Å²) in [5.41, 5.74) is 2.57. The van der Waals surface area contributed by atoms with E-state index in [9.17, 15) is 4.79 Å². The summed E-state index contributed by atoms with van der Waals surface area (Å²) in [7, 11) is 3.19. The number of amides is 1. The van der Waals surface area contributed by atoms with Gasteiger partial charge in [-0.15, -0.1) is 11.3 Å². The van der Waals surface area contributed by atoms with E-state index in [1.807, 2.05) is 46.9 Å². The summed E-state index contributed by atoms with van der Waals surface area (Å²) in [6.45, 7) is 0. The van der Waals surface area contributed by atoms with Crippen molar-refractivity contribution in [3.8, 4) is 16.5 Å². The summed E-state index contributed by atoms with van der Waals surface area (Å²) in [5.74, 6) is 3.16. The molecule has 1 amide bonds. The number of methoxy groups -OCH3 is 2. The molecule has 0 spiro atoms. The number of anilines is 1. The van der Waals surface area contributed by atoms with E-state index in [0.29, 0.717) is 17.2 Å². The van der Waals surface area contributed by atoms with Crippen LogP contribution in [0.25, 0.3) is 5.00 Å². The predicted octanol–water partition coefficient (Wildman–Crippen LogP) is 4.60. The third kappa shape index (κ3) is 3.44. The second kappa shape index (κ2) is 7.70. The van der Waals surface area contributed by atoms with Crippen LogP contribution in [0.5, 0.6) is 11.5 Å². The SMILES string of the molecule is COc1ccc(NC(=O)c2c(-n3cccc3)sc3c2CCSC3)c(OC)c1. The maximum atomic E-state index is 13.3. The summed E-state index contributed by atoms with van der Waals surface area (Å²) in [6.07, 6.45) is 4.88. The van der Waals surface area contributed by atoms with E-state index in [4.69, 9.17) is 9.47 Å². The summed E-state index contributed by atoms with van der Waals surface area (Å²) in [5, 5.41) is 4.00. The van der Waals surface area contributed by atoms with Crippen LogP contribution in [0.1, 0.15) is 20.8 Å². The number of fused-ring (bicyclic) bond motifs is 1. The largest absolute Gasteiger partial charge is 0.497 e. The van der Waals surface area contributed by atoms with Crippen LogP contribution in [0, 0.1) is 0 Å². The maximum Gasteiger partial charge on any atom is 0.259 e. The number of thiophene rings is 1. The van der Waals surface area contributed by atoms with Gasteiger partial charge in [0.15, 0.2) is 0 Å². The van der Waals surface area contributed by atoms with Crippen molar-refractivity contribution in [2.24, 2.45) is 0 Å². The smallest absolute Gasteiger partial charge is 0.259 e. The molecule has 7 heteroatoms. The lowest BCUT2D eigenvalue weighted by Crippen LogP contribution is -2.17. The van der Waals surface area contributed by atoms with E-state index in [1.165, 1.54) is 10.4 Å². The first-order valence-corrected chi connectivity index (χ1v) is 10.6. The number of thioether (sulfide) groups is 1. The van der Waals surface area contributed by atoms with Crippen molar-refractivity contribution >= 4 is 34.7 Å². The van der Waals surface area contributed by atoms with Crippen molar-refractivity contribution in [1.29, 1.82) is 0 Å². The second-order valence-electron chi connectivity index (χ2n) is 6.10. The molecule has 27 heavy (non-hydrogen) atoms. The van der Waals surface area contributed by atoms with Gasteiger partial charge >= 0.3 is 0 Å². The van der Waals surface area contributed by atoms with Crippen LogP contribution in [0.4, 0.5) is 5.69 Å². The van der Waals surface area contributed by atoms with Crippen molar-refractivity contribution in [1.82, 2.24) is 4.57 Å². The molecule has 0 bridgehead atoms. The molecule has 0 saturated heterocycles. The molecule has 0 atom stereocenters. The molecule has 0 radical (unpaired) electrons. The van der Waals surface area contributed by atoms with Gasteiger partial charge in [0.05, 0.1) is 25.5 Å². The zero-order valence-corrected chi connectivity index (χ0v) is 16.8. The predicted molar refractivity (Wildman–Crippen MR) is 111 cm³/mol. The number of ether oxygens (including phenoxy) is 2. The molecule has 0 unspecified atom stereocenters. The minimum Gasteiger partial charge on any atom is -0.497 e. The minimum absolute atomic E-state index is 0.105. The number of nitrogens with one attached hydrogen (secondary N) is 1. The number of nitrogens with zero attached hydrogens (tertiary/aromatic N) is 1. The van der Waals surface area contributed by atoms with Gasteiger partial charge in [0.1, 0.15) is 16.5 Å². The van der Waals surface area contributed by atoms with Crippen LogP contribution in [-0.4, -0.2) is 30.4 Å². The zero-order valence-electron chi connectivity index (χ0n) is 15.2. The third-order valence-corrected chi connectivity index (χ3v) is 6.94. The van der Waals surface area contributed by atoms with Crippen LogP contribution in [0.2, 0.25) is 0 Å². The average Bonchev–Trinajstić information content (AvgIpc) is 3.35. The molecule has 0 aliphatic carbocycles. The van der Waals surface area contributed by atoms with Crippen LogP contribution >= 0.6 is 23.1 Å². The third-order valence-electron chi connectivity index (χ3n) is 4.52. The van der Waals surface area contributed by atoms with Gasteiger partial charge in [-0.25, -0.2) is 0 Å². The second-order valence-corrected chi connectivity index (χ2v) is 8.29. The summed E-state index contributed by atoms with van der Waals surface area (Å²) < 4.78 is 12.7. The monoisotopic (exact) mass is 400 g/mol. The summed E-state index contributed by atoms with van der Waals surface area (Å²) in [6, 6.07) is 9.33. The lowest BCUT2D eigenvalue weighted by atomic mass is 10.1. The number of aromatic nitrogens is 1. The summed E-state index contributed by atoms with van der Waals surface area (Å²) >= 11 is 3.62. The van der Waals surface area contributed by atoms with Crippen LogP contribution in [-0.2, 0) is 12.2 Å². The van der Waals surface area contributed by atoms with Gasteiger partial charge in [-0.1, -0.05) is 0 Å². The molecule has 5 nitrogen and oxygen atoms in total. The van der Waals surface area contributed by atoms with E-state index in [0.717, 1.165) is 28.5 Å². The summed E-state index contributed by atoms with van der Waals surface area (Å²) in [4.78, 5) is 14.6. The number of carbonyl (C=O) groups excluding carboxylic acids is 1. The van der Waals surface area contributed by atoms with Crippen LogP contribution in [0.3, 0.4) is 0 Å². The molecule has 3 aromatic rings. The van der Waals surface area contributed by atoms with Crippen molar-refractivity contribution in [3.63, 3.8) is 0 Å². The Morgan fingerprint density at radius 1 is 1.19 bits per heavy atom. The van der Waals surface area contributed by atoms with E-state index in [2.05, 4.69) is 5.32 Å². The number of hydrogen-bond acceptors (Lipinski definition) is 5. The Kier molecular flexibility index (Phi) is 5.13. The Hall–Kier alpha value is -2.38. The fourth-order valence-electron chi connectivity index (χ4n) is 3.19. The molecular weight excluding hydrogens is 380 g/mol. The molecule has 1 N–H and O–H groups in total. The first-order chi connectivity index (χ1) is 13.2. The highest BCUT2D eigenvalue weighted by molar-refractivity contribution is 7.98. The molecule has 3 heterocycles. The normalized spacial score (nSPS) is 13.1. The Bertz CT molecular complexity index is 964. The molecule has 1 aromatic carbocycles. The highest BCUT2D eigenvalue weighted by atomic mass is 32.2. The number of hydrogen-bond donors (Lipinski definition) is 1. The van der Waals surface area contributed by atoms with Gasteiger partial charge in [-0.05, 0) is 42.0 Å². The van der Waals surface area contributed by atoms with Crippen molar-refractivity contribution < 1.29 is 14.3 Å². The zero-order chi connectivity index (χ0) is 18.8. The topological polar surface area (TPSA) is 52.5 Å². The molecular formula is C20H20N2O3S2. The van der Waals surface area contributed by atoms with Gasteiger partial charge in [-0.2, -0.15) is 11.8 Å². The van der Waals surface area contributed by atoms with Gasteiger partial charge in [0.2, 0.25) is 0 Å². The van der Waals surface area contributed by atoms with Crippen molar-refractivity contribution in [3.05, 3.63) is 58.7 Å². The van der Waals surface area contributed by atoms with Crippen molar-refractivity contribution in [2.75, 3.05) is 25.3 Å². The first-order valence-electron chi connectivity index (χ1n) is 8.60. The van der Waals surface area contributed by atoms with Crippen LogP contribution < -0.4 is 14.8 Å². The lowest BCUT2D eigenvalue weighted by molar-refractivity contribution is 0.102.